The molecule has 0 aliphatic carbocycles. The summed E-state index contributed by atoms with van der Waals surface area (Å²) in [5.74, 6) is -0.600. The SMILES string of the molecule is COc1ccccc1C(=O)NCC(=O)OCC(=O)N[C@@H](C)c1ccc(CC(C)C)cc1. The first-order valence-corrected chi connectivity index (χ1v) is 10.2. The van der Waals surface area contributed by atoms with E-state index in [4.69, 9.17) is 9.47 Å². The maximum atomic E-state index is 12.2. The van der Waals surface area contributed by atoms with E-state index in [9.17, 15) is 14.4 Å². The van der Waals surface area contributed by atoms with Crippen molar-refractivity contribution in [2.24, 2.45) is 5.92 Å². The molecule has 7 nitrogen and oxygen atoms in total. The van der Waals surface area contributed by atoms with Crippen molar-refractivity contribution in [3.63, 3.8) is 0 Å². The van der Waals surface area contributed by atoms with Crippen molar-refractivity contribution in [1.82, 2.24) is 10.6 Å². The lowest BCUT2D eigenvalue weighted by Crippen LogP contribution is -2.34. The number of benzene rings is 2. The monoisotopic (exact) mass is 426 g/mol. The van der Waals surface area contributed by atoms with Crippen LogP contribution in [-0.4, -0.2) is 38.0 Å². The van der Waals surface area contributed by atoms with Crippen LogP contribution >= 0.6 is 0 Å². The van der Waals surface area contributed by atoms with Crippen molar-refractivity contribution < 1.29 is 23.9 Å². The summed E-state index contributed by atoms with van der Waals surface area (Å²) in [7, 11) is 1.46. The van der Waals surface area contributed by atoms with Crippen LogP contribution in [-0.2, 0) is 20.7 Å². The van der Waals surface area contributed by atoms with Gasteiger partial charge in [0.05, 0.1) is 18.7 Å². The minimum atomic E-state index is -0.705. The van der Waals surface area contributed by atoms with Gasteiger partial charge >= 0.3 is 5.97 Å². The van der Waals surface area contributed by atoms with Crippen LogP contribution in [0, 0.1) is 5.92 Å². The van der Waals surface area contributed by atoms with E-state index in [-0.39, 0.29) is 12.6 Å². The van der Waals surface area contributed by atoms with Crippen molar-refractivity contribution in [1.29, 1.82) is 0 Å². The molecule has 2 aromatic rings. The van der Waals surface area contributed by atoms with E-state index >= 15 is 0 Å². The first-order valence-electron chi connectivity index (χ1n) is 10.2. The van der Waals surface area contributed by atoms with Gasteiger partial charge in [-0.25, -0.2) is 0 Å². The van der Waals surface area contributed by atoms with Crippen LogP contribution < -0.4 is 15.4 Å². The summed E-state index contributed by atoms with van der Waals surface area (Å²) in [4.78, 5) is 36.1. The number of para-hydroxylation sites is 1. The molecule has 0 unspecified atom stereocenters. The van der Waals surface area contributed by atoms with Gasteiger partial charge < -0.3 is 20.1 Å². The first-order chi connectivity index (χ1) is 14.8. The number of carbonyl (C=O) groups excluding carboxylic acids is 3. The summed E-state index contributed by atoms with van der Waals surface area (Å²) < 4.78 is 10.1. The lowest BCUT2D eigenvalue weighted by atomic mass is 10.00. The number of esters is 1. The largest absolute Gasteiger partial charge is 0.496 e. The van der Waals surface area contributed by atoms with Crippen LogP contribution in [0.15, 0.2) is 48.5 Å². The second-order valence-electron chi connectivity index (χ2n) is 7.67. The molecule has 2 amide bonds. The number of ether oxygens (including phenoxy) is 2. The summed E-state index contributed by atoms with van der Waals surface area (Å²) >= 11 is 0. The fourth-order valence-corrected chi connectivity index (χ4v) is 3.06. The zero-order valence-electron chi connectivity index (χ0n) is 18.4. The van der Waals surface area contributed by atoms with E-state index in [1.54, 1.807) is 24.3 Å². The molecule has 0 spiro atoms. The molecule has 2 N–H and O–H groups in total. The molecule has 1 atom stereocenters. The fourth-order valence-electron chi connectivity index (χ4n) is 3.06. The Labute approximate surface area is 183 Å². The quantitative estimate of drug-likeness (QED) is 0.570. The van der Waals surface area contributed by atoms with Crippen molar-refractivity contribution in [3.05, 3.63) is 65.2 Å². The van der Waals surface area contributed by atoms with Gasteiger partial charge in [-0.3, -0.25) is 14.4 Å². The highest BCUT2D eigenvalue weighted by Gasteiger charge is 2.15. The molecular formula is C24H30N2O5. The molecule has 31 heavy (non-hydrogen) atoms. The molecule has 2 rings (SSSR count). The van der Waals surface area contributed by atoms with Gasteiger partial charge in [0.15, 0.2) is 6.61 Å². The predicted molar refractivity (Wildman–Crippen MR) is 118 cm³/mol. The molecule has 0 bridgehead atoms. The van der Waals surface area contributed by atoms with E-state index in [0.29, 0.717) is 17.2 Å². The lowest BCUT2D eigenvalue weighted by molar-refractivity contribution is -0.147. The van der Waals surface area contributed by atoms with E-state index in [2.05, 4.69) is 36.6 Å². The molecule has 0 aliphatic heterocycles. The second kappa shape index (κ2) is 11.7. The predicted octanol–water partition coefficient (Wildman–Crippen LogP) is 3.04. The molecule has 166 valence electrons. The smallest absolute Gasteiger partial charge is 0.325 e. The molecule has 0 aromatic heterocycles. The Hall–Kier alpha value is -3.35. The summed E-state index contributed by atoms with van der Waals surface area (Å²) in [6.07, 6.45) is 1.00. The third-order valence-electron chi connectivity index (χ3n) is 4.61. The van der Waals surface area contributed by atoms with Gasteiger partial charge in [0.25, 0.3) is 11.8 Å². The van der Waals surface area contributed by atoms with Gasteiger partial charge in [0.1, 0.15) is 12.3 Å². The number of hydrogen-bond acceptors (Lipinski definition) is 5. The maximum Gasteiger partial charge on any atom is 0.325 e. The van der Waals surface area contributed by atoms with Crippen LogP contribution in [0.5, 0.6) is 5.75 Å². The van der Waals surface area contributed by atoms with Crippen molar-refractivity contribution >= 4 is 17.8 Å². The molecule has 0 saturated carbocycles. The Bertz CT molecular complexity index is 893. The number of methoxy groups -OCH3 is 1. The normalized spacial score (nSPS) is 11.5. The van der Waals surface area contributed by atoms with E-state index < -0.39 is 24.4 Å². The van der Waals surface area contributed by atoms with Gasteiger partial charge in [-0.2, -0.15) is 0 Å². The Morgan fingerprint density at radius 1 is 0.968 bits per heavy atom. The van der Waals surface area contributed by atoms with Gasteiger partial charge in [0, 0.05) is 0 Å². The molecule has 0 aliphatic rings. The topological polar surface area (TPSA) is 93.7 Å². The second-order valence-corrected chi connectivity index (χ2v) is 7.67. The average Bonchev–Trinajstić information content (AvgIpc) is 2.76. The third-order valence-corrected chi connectivity index (χ3v) is 4.61. The molecule has 0 saturated heterocycles. The maximum absolute atomic E-state index is 12.2. The van der Waals surface area contributed by atoms with Gasteiger partial charge in [-0.05, 0) is 42.5 Å². The Kier molecular flexibility index (Phi) is 9.06. The number of carbonyl (C=O) groups is 3. The Balaban J connectivity index is 1.75. The van der Waals surface area contributed by atoms with E-state index in [0.717, 1.165) is 12.0 Å². The zero-order valence-corrected chi connectivity index (χ0v) is 18.4. The highest BCUT2D eigenvalue weighted by Crippen LogP contribution is 2.17. The minimum absolute atomic E-state index is 0.218. The van der Waals surface area contributed by atoms with Crippen molar-refractivity contribution in [2.75, 3.05) is 20.3 Å². The average molecular weight is 427 g/mol. The number of rotatable bonds is 10. The summed E-state index contributed by atoms with van der Waals surface area (Å²) in [5.41, 5.74) is 2.53. The van der Waals surface area contributed by atoms with E-state index in [1.807, 2.05) is 19.1 Å². The molecule has 7 heteroatoms. The zero-order chi connectivity index (χ0) is 22.8. The van der Waals surface area contributed by atoms with Crippen molar-refractivity contribution in [3.8, 4) is 5.75 Å². The molecule has 2 aromatic carbocycles. The number of nitrogens with one attached hydrogen (secondary N) is 2. The summed E-state index contributed by atoms with van der Waals surface area (Å²) in [6, 6.07) is 14.5. The van der Waals surface area contributed by atoms with Crippen LogP contribution in [0.3, 0.4) is 0 Å². The van der Waals surface area contributed by atoms with Crippen molar-refractivity contribution in [2.45, 2.75) is 33.2 Å². The van der Waals surface area contributed by atoms with Crippen LogP contribution in [0.2, 0.25) is 0 Å². The highest BCUT2D eigenvalue weighted by molar-refractivity contribution is 5.98. The molecular weight excluding hydrogens is 396 g/mol. The molecule has 0 radical (unpaired) electrons. The van der Waals surface area contributed by atoms with Gasteiger partial charge in [-0.15, -0.1) is 0 Å². The highest BCUT2D eigenvalue weighted by atomic mass is 16.5. The third kappa shape index (κ3) is 7.77. The number of amides is 2. The Morgan fingerprint density at radius 2 is 1.65 bits per heavy atom. The van der Waals surface area contributed by atoms with Crippen LogP contribution in [0.25, 0.3) is 0 Å². The summed E-state index contributed by atoms with van der Waals surface area (Å²) in [6.45, 7) is 5.44. The summed E-state index contributed by atoms with van der Waals surface area (Å²) in [5, 5.41) is 5.25. The van der Waals surface area contributed by atoms with Gasteiger partial charge in [-0.1, -0.05) is 50.2 Å². The molecule has 0 fully saturated rings. The lowest BCUT2D eigenvalue weighted by Gasteiger charge is -2.15. The molecule has 0 heterocycles. The Morgan fingerprint density at radius 3 is 2.29 bits per heavy atom. The van der Waals surface area contributed by atoms with Crippen LogP contribution in [0.4, 0.5) is 0 Å². The minimum Gasteiger partial charge on any atom is -0.496 e. The fraction of sp³-hybridized carbons (Fsp3) is 0.375. The van der Waals surface area contributed by atoms with E-state index in [1.165, 1.54) is 12.7 Å². The standard InChI is InChI=1S/C24H30N2O5/c1-16(2)13-18-9-11-19(12-10-18)17(3)26-22(27)15-31-23(28)14-25-24(29)20-7-5-6-8-21(20)30-4/h5-12,16-17H,13-15H2,1-4H3,(H,25,29)(H,26,27)/t17-/m0/s1. The number of hydrogen-bond donors (Lipinski definition) is 2. The van der Waals surface area contributed by atoms with Crippen LogP contribution in [0.1, 0.15) is 48.3 Å². The first kappa shape index (κ1) is 23.9. The van der Waals surface area contributed by atoms with Gasteiger partial charge in [0.2, 0.25) is 0 Å².